The summed E-state index contributed by atoms with van der Waals surface area (Å²) < 4.78 is 0. The fourth-order valence-electron chi connectivity index (χ4n) is 2.48. The molecule has 26 heavy (non-hydrogen) atoms. The Hall–Kier alpha value is -2.25. The average Bonchev–Trinajstić information content (AvgIpc) is 2.80. The molecule has 2 unspecified atom stereocenters. The van der Waals surface area contributed by atoms with Crippen molar-refractivity contribution in [1.29, 1.82) is 0 Å². The summed E-state index contributed by atoms with van der Waals surface area (Å²) in [6.07, 6.45) is 12.8. The highest BCUT2D eigenvalue weighted by Gasteiger charge is 2.21. The Morgan fingerprint density at radius 1 is 1.31 bits per heavy atom. The van der Waals surface area contributed by atoms with Gasteiger partial charge in [0.15, 0.2) is 0 Å². The monoisotopic (exact) mass is 371 g/mol. The molecular weight excluding hydrogens is 341 g/mol. The van der Waals surface area contributed by atoms with Crippen LogP contribution in [0, 0.1) is 16.0 Å². The van der Waals surface area contributed by atoms with E-state index in [4.69, 9.17) is 0 Å². The minimum atomic E-state index is -0.355. The number of hydrogen-bond donors (Lipinski definition) is 0. The van der Waals surface area contributed by atoms with Gasteiger partial charge in [0.05, 0.1) is 10.5 Å². The van der Waals surface area contributed by atoms with Crippen LogP contribution >= 0.6 is 9.24 Å². The number of nitrogens with zero attached hydrogens (tertiary/aromatic N) is 1. The van der Waals surface area contributed by atoms with Crippen LogP contribution in [0.2, 0.25) is 0 Å². The standard InChI is InChI=1S/C20H24NO2P.C2H6/c1-6-8-15(4)17(7-2)16(5)19(13-24)18-11-9-14(3)10-12-20(18)21(22)23;1-2/h6-14H,2,5,24H2,1,3-4H3;1-2H3/b8-6-,17-15+,19-13+;. The zero-order chi connectivity index (χ0) is 20.3. The molecule has 1 aliphatic rings. The van der Waals surface area contributed by atoms with E-state index in [1.807, 2.05) is 58.9 Å². The van der Waals surface area contributed by atoms with Crippen molar-refractivity contribution in [2.24, 2.45) is 5.92 Å². The van der Waals surface area contributed by atoms with Crippen molar-refractivity contribution in [3.8, 4) is 0 Å². The molecular formula is C22H30NO2P. The van der Waals surface area contributed by atoms with Crippen LogP contribution in [0.15, 0.2) is 95.1 Å². The molecule has 0 saturated heterocycles. The average molecular weight is 371 g/mol. The lowest BCUT2D eigenvalue weighted by molar-refractivity contribution is -0.419. The Balaban J connectivity index is 0.00000301. The van der Waals surface area contributed by atoms with Crippen molar-refractivity contribution in [3.05, 3.63) is 105 Å². The second-order valence-corrected chi connectivity index (χ2v) is 5.83. The largest absolute Gasteiger partial charge is 0.276 e. The smallest absolute Gasteiger partial charge is 0.258 e. The summed E-state index contributed by atoms with van der Waals surface area (Å²) in [4.78, 5) is 11.1. The third-order valence-corrected chi connectivity index (χ3v) is 4.08. The maximum absolute atomic E-state index is 11.5. The van der Waals surface area contributed by atoms with Crippen LogP contribution in [0.4, 0.5) is 0 Å². The summed E-state index contributed by atoms with van der Waals surface area (Å²) in [5.74, 6) is 1.91. The molecule has 4 heteroatoms. The summed E-state index contributed by atoms with van der Waals surface area (Å²) in [6, 6.07) is 0. The molecule has 0 spiro atoms. The zero-order valence-corrected chi connectivity index (χ0v) is 17.6. The van der Waals surface area contributed by atoms with Crippen molar-refractivity contribution < 1.29 is 4.92 Å². The zero-order valence-electron chi connectivity index (χ0n) is 16.5. The molecule has 0 N–H and O–H groups in total. The molecule has 1 aliphatic carbocycles. The van der Waals surface area contributed by atoms with Crippen LogP contribution < -0.4 is 0 Å². The third kappa shape index (κ3) is 6.24. The molecule has 0 aromatic carbocycles. The first-order chi connectivity index (χ1) is 12.4. The lowest BCUT2D eigenvalue weighted by atomic mass is 9.90. The molecule has 140 valence electrons. The summed E-state index contributed by atoms with van der Waals surface area (Å²) in [7, 11) is 2.52. The van der Waals surface area contributed by atoms with E-state index in [1.54, 1.807) is 24.0 Å². The predicted molar refractivity (Wildman–Crippen MR) is 117 cm³/mol. The Morgan fingerprint density at radius 3 is 2.35 bits per heavy atom. The maximum atomic E-state index is 11.5. The molecule has 0 saturated carbocycles. The number of nitro groups is 1. The Kier molecular flexibility index (Phi) is 11.1. The van der Waals surface area contributed by atoms with E-state index in [9.17, 15) is 10.1 Å². The molecule has 0 aromatic rings. The summed E-state index contributed by atoms with van der Waals surface area (Å²) in [5.41, 5.74) is 3.90. The topological polar surface area (TPSA) is 43.1 Å². The van der Waals surface area contributed by atoms with Crippen LogP contribution in [0.1, 0.15) is 34.6 Å². The molecule has 0 amide bonds. The van der Waals surface area contributed by atoms with E-state index in [0.717, 1.165) is 11.1 Å². The first-order valence-electron chi connectivity index (χ1n) is 8.70. The maximum Gasteiger partial charge on any atom is 0.276 e. The molecule has 0 radical (unpaired) electrons. The number of hydrogen-bond acceptors (Lipinski definition) is 2. The highest BCUT2D eigenvalue weighted by Crippen LogP contribution is 2.33. The van der Waals surface area contributed by atoms with Crippen molar-refractivity contribution >= 4 is 9.24 Å². The van der Waals surface area contributed by atoms with Gasteiger partial charge in [-0.3, -0.25) is 10.1 Å². The van der Waals surface area contributed by atoms with E-state index in [2.05, 4.69) is 22.4 Å². The van der Waals surface area contributed by atoms with Crippen LogP contribution in [-0.2, 0) is 0 Å². The molecule has 0 fully saturated rings. The van der Waals surface area contributed by atoms with Crippen molar-refractivity contribution in [2.75, 3.05) is 0 Å². The van der Waals surface area contributed by atoms with Gasteiger partial charge >= 0.3 is 0 Å². The SMILES string of the molecule is C=C/C(C(=C)/C(=C\P)C1=C([N+](=O)[O-])C=CC(C)C=C1)=C(C)\C=C/C.CC. The Morgan fingerprint density at radius 2 is 1.88 bits per heavy atom. The second kappa shape index (κ2) is 12.2. The van der Waals surface area contributed by atoms with E-state index in [1.165, 1.54) is 0 Å². The highest BCUT2D eigenvalue weighted by atomic mass is 31.0. The first-order valence-corrected chi connectivity index (χ1v) is 9.37. The summed E-state index contributed by atoms with van der Waals surface area (Å²) in [5, 5.41) is 11.5. The highest BCUT2D eigenvalue weighted by molar-refractivity contribution is 7.20. The molecule has 0 bridgehead atoms. The summed E-state index contributed by atoms with van der Waals surface area (Å²) in [6.45, 7) is 17.9. The van der Waals surface area contributed by atoms with Gasteiger partial charge in [-0.2, -0.15) is 0 Å². The Bertz CT molecular complexity index is 731. The second-order valence-electron chi connectivity index (χ2n) is 5.49. The number of rotatable bonds is 6. The molecule has 1 rings (SSSR count). The van der Waals surface area contributed by atoms with E-state index in [-0.39, 0.29) is 16.5 Å². The van der Waals surface area contributed by atoms with Gasteiger partial charge in [-0.25, -0.2) is 0 Å². The van der Waals surface area contributed by atoms with Crippen LogP contribution in [-0.4, -0.2) is 4.92 Å². The molecule has 0 aliphatic heterocycles. The number of allylic oxidation sites excluding steroid dienone is 12. The summed E-state index contributed by atoms with van der Waals surface area (Å²) >= 11 is 0. The molecule has 0 heterocycles. The molecule has 2 atom stereocenters. The first kappa shape index (κ1) is 23.8. The van der Waals surface area contributed by atoms with Crippen LogP contribution in [0.25, 0.3) is 0 Å². The van der Waals surface area contributed by atoms with Gasteiger partial charge < -0.3 is 0 Å². The van der Waals surface area contributed by atoms with Gasteiger partial charge in [0.25, 0.3) is 5.70 Å². The van der Waals surface area contributed by atoms with Crippen molar-refractivity contribution in [3.63, 3.8) is 0 Å². The lowest BCUT2D eigenvalue weighted by Gasteiger charge is -2.14. The van der Waals surface area contributed by atoms with E-state index < -0.39 is 0 Å². The molecule has 3 nitrogen and oxygen atoms in total. The van der Waals surface area contributed by atoms with Gasteiger partial charge in [-0.15, -0.1) is 9.24 Å². The molecule has 0 aromatic heterocycles. The Labute approximate surface area is 160 Å². The van der Waals surface area contributed by atoms with Crippen LogP contribution in [0.5, 0.6) is 0 Å². The van der Waals surface area contributed by atoms with Gasteiger partial charge in [0.1, 0.15) is 0 Å². The van der Waals surface area contributed by atoms with Gasteiger partial charge in [0.2, 0.25) is 0 Å². The fourth-order valence-corrected chi connectivity index (χ4v) is 2.86. The van der Waals surface area contributed by atoms with E-state index in [0.29, 0.717) is 16.7 Å². The minimum absolute atomic E-state index is 0.0672. The third-order valence-electron chi connectivity index (χ3n) is 3.75. The lowest BCUT2D eigenvalue weighted by Crippen LogP contribution is -2.04. The van der Waals surface area contributed by atoms with Gasteiger partial charge in [-0.05, 0) is 42.1 Å². The normalized spacial score (nSPS) is 18.1. The quantitative estimate of drug-likeness (QED) is 0.226. The minimum Gasteiger partial charge on any atom is -0.258 e. The van der Waals surface area contributed by atoms with Crippen molar-refractivity contribution in [1.82, 2.24) is 0 Å². The van der Waals surface area contributed by atoms with Crippen molar-refractivity contribution in [2.45, 2.75) is 34.6 Å². The predicted octanol–water partition coefficient (Wildman–Crippen LogP) is 6.70. The van der Waals surface area contributed by atoms with E-state index >= 15 is 0 Å². The van der Waals surface area contributed by atoms with Crippen LogP contribution in [0.3, 0.4) is 0 Å². The fraction of sp³-hybridized carbons (Fsp3) is 0.273. The van der Waals surface area contributed by atoms with Gasteiger partial charge in [-0.1, -0.05) is 76.2 Å². The van der Waals surface area contributed by atoms with Gasteiger partial charge in [0, 0.05) is 6.08 Å².